The van der Waals surface area contributed by atoms with Crippen molar-refractivity contribution in [1.82, 2.24) is 15.5 Å². The smallest absolute Gasteiger partial charge is 0.234 e. The van der Waals surface area contributed by atoms with E-state index in [1.165, 1.54) is 0 Å². The van der Waals surface area contributed by atoms with Gasteiger partial charge in [0.05, 0.1) is 18.1 Å². The Labute approximate surface area is 118 Å². The summed E-state index contributed by atoms with van der Waals surface area (Å²) in [5.41, 5.74) is 0.843. The predicted molar refractivity (Wildman–Crippen MR) is 75.7 cm³/mol. The summed E-state index contributed by atoms with van der Waals surface area (Å²) in [5, 5.41) is 7.52. The number of methoxy groups -OCH3 is 1. The summed E-state index contributed by atoms with van der Waals surface area (Å²) >= 11 is 0. The standard InChI is InChI=1S/C15H19N3O2/c1-3-15(8-9-16-10-15)14-17-13(18-20-14)11-6-4-5-7-12(11)19-2/h4-7,16H,3,8-10H2,1-2H3. The first kappa shape index (κ1) is 13.1. The highest BCUT2D eigenvalue weighted by molar-refractivity contribution is 5.63. The Morgan fingerprint density at radius 3 is 2.95 bits per heavy atom. The molecule has 2 aromatic rings. The van der Waals surface area contributed by atoms with E-state index in [0.717, 1.165) is 43.1 Å². The molecule has 1 unspecified atom stereocenters. The van der Waals surface area contributed by atoms with Crippen LogP contribution in [0, 0.1) is 0 Å². The van der Waals surface area contributed by atoms with Crippen LogP contribution in [-0.4, -0.2) is 30.3 Å². The zero-order valence-electron chi connectivity index (χ0n) is 11.8. The average molecular weight is 273 g/mol. The van der Waals surface area contributed by atoms with E-state index >= 15 is 0 Å². The molecule has 1 N–H and O–H groups in total. The first-order valence-electron chi connectivity index (χ1n) is 6.97. The van der Waals surface area contributed by atoms with Gasteiger partial charge in [-0.3, -0.25) is 0 Å². The number of benzene rings is 1. The van der Waals surface area contributed by atoms with Gasteiger partial charge in [0.1, 0.15) is 5.75 Å². The number of hydrogen-bond acceptors (Lipinski definition) is 5. The molecular weight excluding hydrogens is 254 g/mol. The van der Waals surface area contributed by atoms with Gasteiger partial charge < -0.3 is 14.6 Å². The van der Waals surface area contributed by atoms with Crippen LogP contribution in [0.15, 0.2) is 28.8 Å². The van der Waals surface area contributed by atoms with Crippen molar-refractivity contribution in [2.45, 2.75) is 25.2 Å². The van der Waals surface area contributed by atoms with E-state index in [1.54, 1.807) is 7.11 Å². The molecule has 1 saturated heterocycles. The maximum Gasteiger partial charge on any atom is 0.234 e. The minimum Gasteiger partial charge on any atom is -0.496 e. The second-order valence-electron chi connectivity index (χ2n) is 5.18. The van der Waals surface area contributed by atoms with Crippen LogP contribution >= 0.6 is 0 Å². The van der Waals surface area contributed by atoms with E-state index in [1.807, 2.05) is 24.3 Å². The Bertz CT molecular complexity index is 588. The van der Waals surface area contributed by atoms with Crippen LogP contribution in [0.1, 0.15) is 25.7 Å². The van der Waals surface area contributed by atoms with Crippen molar-refractivity contribution in [3.05, 3.63) is 30.2 Å². The highest BCUT2D eigenvalue weighted by atomic mass is 16.5. The number of hydrogen-bond donors (Lipinski definition) is 1. The maximum absolute atomic E-state index is 5.54. The summed E-state index contributed by atoms with van der Waals surface area (Å²) in [6.07, 6.45) is 2.03. The van der Waals surface area contributed by atoms with Crippen LogP contribution < -0.4 is 10.1 Å². The minimum absolute atomic E-state index is 0.0206. The van der Waals surface area contributed by atoms with E-state index < -0.39 is 0 Å². The van der Waals surface area contributed by atoms with Gasteiger partial charge in [0, 0.05) is 6.54 Å². The third-order valence-electron chi connectivity index (χ3n) is 4.15. The summed E-state index contributed by atoms with van der Waals surface area (Å²) < 4.78 is 10.9. The highest BCUT2D eigenvalue weighted by Crippen LogP contribution is 2.35. The molecular formula is C15H19N3O2. The lowest BCUT2D eigenvalue weighted by Gasteiger charge is -2.20. The fourth-order valence-corrected chi connectivity index (χ4v) is 2.76. The molecule has 0 spiro atoms. The molecule has 1 fully saturated rings. The van der Waals surface area contributed by atoms with Gasteiger partial charge >= 0.3 is 0 Å². The molecule has 1 aromatic carbocycles. The van der Waals surface area contributed by atoms with Crippen molar-refractivity contribution >= 4 is 0 Å². The van der Waals surface area contributed by atoms with Crippen LogP contribution in [-0.2, 0) is 5.41 Å². The molecule has 5 heteroatoms. The van der Waals surface area contributed by atoms with Gasteiger partial charge in [0.15, 0.2) is 0 Å². The fourth-order valence-electron chi connectivity index (χ4n) is 2.76. The number of nitrogens with zero attached hydrogens (tertiary/aromatic N) is 2. The molecule has 0 radical (unpaired) electrons. The Balaban J connectivity index is 1.98. The van der Waals surface area contributed by atoms with Crippen molar-refractivity contribution in [2.24, 2.45) is 0 Å². The second kappa shape index (κ2) is 5.25. The summed E-state index contributed by atoms with van der Waals surface area (Å²) in [6, 6.07) is 7.72. The third-order valence-corrected chi connectivity index (χ3v) is 4.15. The summed E-state index contributed by atoms with van der Waals surface area (Å²) in [7, 11) is 1.65. The summed E-state index contributed by atoms with van der Waals surface area (Å²) in [4.78, 5) is 4.62. The van der Waals surface area contributed by atoms with Crippen molar-refractivity contribution in [3.63, 3.8) is 0 Å². The van der Waals surface area contributed by atoms with Gasteiger partial charge in [0.2, 0.25) is 11.7 Å². The second-order valence-corrected chi connectivity index (χ2v) is 5.18. The van der Waals surface area contributed by atoms with Gasteiger partial charge in [-0.1, -0.05) is 24.2 Å². The molecule has 1 aromatic heterocycles. The summed E-state index contributed by atoms with van der Waals surface area (Å²) in [5.74, 6) is 2.08. The number of rotatable bonds is 4. The molecule has 1 aliphatic rings. The molecule has 0 aliphatic carbocycles. The largest absolute Gasteiger partial charge is 0.496 e. The molecule has 1 aliphatic heterocycles. The molecule has 0 bridgehead atoms. The quantitative estimate of drug-likeness (QED) is 0.926. The molecule has 3 rings (SSSR count). The van der Waals surface area contributed by atoms with Crippen molar-refractivity contribution in [3.8, 4) is 17.1 Å². The molecule has 2 heterocycles. The highest BCUT2D eigenvalue weighted by Gasteiger charge is 2.39. The van der Waals surface area contributed by atoms with E-state index in [4.69, 9.17) is 9.26 Å². The number of ether oxygens (including phenoxy) is 1. The number of para-hydroxylation sites is 1. The third kappa shape index (κ3) is 2.08. The maximum atomic E-state index is 5.54. The van der Waals surface area contributed by atoms with Gasteiger partial charge in [-0.05, 0) is 31.5 Å². The van der Waals surface area contributed by atoms with Gasteiger partial charge in [-0.2, -0.15) is 4.98 Å². The van der Waals surface area contributed by atoms with Gasteiger partial charge in [0.25, 0.3) is 0 Å². The topological polar surface area (TPSA) is 60.2 Å². The SMILES string of the molecule is CCC1(c2nc(-c3ccccc3OC)no2)CCNC1. The Morgan fingerprint density at radius 1 is 1.40 bits per heavy atom. The minimum atomic E-state index is -0.0206. The molecule has 1 atom stereocenters. The Hall–Kier alpha value is -1.88. The van der Waals surface area contributed by atoms with E-state index in [-0.39, 0.29) is 5.41 Å². The van der Waals surface area contributed by atoms with E-state index in [2.05, 4.69) is 22.4 Å². The molecule has 106 valence electrons. The van der Waals surface area contributed by atoms with E-state index in [0.29, 0.717) is 5.82 Å². The van der Waals surface area contributed by atoms with Crippen molar-refractivity contribution < 1.29 is 9.26 Å². The fraction of sp³-hybridized carbons (Fsp3) is 0.467. The van der Waals surface area contributed by atoms with Gasteiger partial charge in [-0.15, -0.1) is 0 Å². The molecule has 0 amide bonds. The number of aromatic nitrogens is 2. The lowest BCUT2D eigenvalue weighted by molar-refractivity contribution is 0.285. The van der Waals surface area contributed by atoms with Crippen molar-refractivity contribution in [2.75, 3.05) is 20.2 Å². The molecule has 5 nitrogen and oxygen atoms in total. The molecule has 0 saturated carbocycles. The van der Waals surface area contributed by atoms with E-state index in [9.17, 15) is 0 Å². The van der Waals surface area contributed by atoms with Crippen molar-refractivity contribution in [1.29, 1.82) is 0 Å². The summed E-state index contributed by atoms with van der Waals surface area (Å²) in [6.45, 7) is 4.07. The zero-order valence-corrected chi connectivity index (χ0v) is 11.8. The lowest BCUT2D eigenvalue weighted by atomic mass is 9.84. The number of nitrogens with one attached hydrogen (secondary N) is 1. The van der Waals surface area contributed by atoms with Crippen LogP contribution in [0.4, 0.5) is 0 Å². The Morgan fingerprint density at radius 2 is 2.25 bits per heavy atom. The van der Waals surface area contributed by atoms with Crippen LogP contribution in [0.25, 0.3) is 11.4 Å². The van der Waals surface area contributed by atoms with Crippen LogP contribution in [0.5, 0.6) is 5.75 Å². The first-order chi connectivity index (χ1) is 9.79. The van der Waals surface area contributed by atoms with Crippen LogP contribution in [0.3, 0.4) is 0 Å². The monoisotopic (exact) mass is 273 g/mol. The molecule has 20 heavy (non-hydrogen) atoms. The zero-order chi connectivity index (χ0) is 14.0. The van der Waals surface area contributed by atoms with Gasteiger partial charge in [-0.25, -0.2) is 0 Å². The lowest BCUT2D eigenvalue weighted by Crippen LogP contribution is -2.28. The van der Waals surface area contributed by atoms with Crippen LogP contribution in [0.2, 0.25) is 0 Å². The Kier molecular flexibility index (Phi) is 3.44. The predicted octanol–water partition coefficient (Wildman–Crippen LogP) is 2.39. The normalized spacial score (nSPS) is 22.1. The first-order valence-corrected chi connectivity index (χ1v) is 6.97. The average Bonchev–Trinajstić information content (AvgIpc) is 3.16.